The largest absolute Gasteiger partial charge is 0.497 e. The fourth-order valence-corrected chi connectivity index (χ4v) is 6.44. The lowest BCUT2D eigenvalue weighted by molar-refractivity contribution is -0.130. The lowest BCUT2D eigenvalue weighted by Gasteiger charge is -2.44. The van der Waals surface area contributed by atoms with Gasteiger partial charge in [0.25, 0.3) is 0 Å². The van der Waals surface area contributed by atoms with Gasteiger partial charge in [-0.2, -0.15) is 10.3 Å². The molecule has 1 aromatic carbocycles. The molecule has 0 saturated carbocycles. The normalized spacial score (nSPS) is 26.2. The molecule has 2 saturated heterocycles. The Labute approximate surface area is 259 Å². The second-order valence-corrected chi connectivity index (χ2v) is 11.7. The Balaban J connectivity index is 1.43. The smallest absolute Gasteiger partial charge is 0.314 e. The number of ketones is 1. The summed E-state index contributed by atoms with van der Waals surface area (Å²) in [4.78, 5) is 44.5. The Morgan fingerprint density at radius 3 is 2.68 bits per heavy atom. The summed E-state index contributed by atoms with van der Waals surface area (Å²) in [5, 5.41) is 9.52. The first-order valence-corrected chi connectivity index (χ1v) is 15.3. The molecule has 0 spiro atoms. The summed E-state index contributed by atoms with van der Waals surface area (Å²) < 4.78 is 17.8. The maximum Gasteiger partial charge on any atom is 0.314 e. The molecule has 12 nitrogen and oxygen atoms in total. The van der Waals surface area contributed by atoms with Gasteiger partial charge in [-0.25, -0.2) is 4.99 Å². The lowest BCUT2D eigenvalue weighted by atomic mass is 9.89. The molecular weight excluding hydrogens is 562 g/mol. The SMILES string of the molecule is C=CC(=O)N1CCN([C]2N=C(OCC3CCCN3C)N=C(C(=O)[C@H]3CN(C)c4cc(OC)ccc4O3)C2CC)CC1CC#N. The van der Waals surface area contributed by atoms with E-state index >= 15 is 0 Å². The number of amidine groups is 1. The van der Waals surface area contributed by atoms with Gasteiger partial charge in [0.05, 0.1) is 37.9 Å². The first-order chi connectivity index (χ1) is 21.3. The van der Waals surface area contributed by atoms with Crippen molar-refractivity contribution >= 4 is 29.1 Å². The van der Waals surface area contributed by atoms with Crippen molar-refractivity contribution in [2.24, 2.45) is 15.9 Å². The molecule has 0 aromatic heterocycles. The monoisotopic (exact) mass is 604 g/mol. The number of nitrogens with zero attached hydrogens (tertiary/aromatic N) is 7. The molecule has 12 heteroatoms. The summed E-state index contributed by atoms with van der Waals surface area (Å²) in [5.74, 6) is 0.489. The van der Waals surface area contributed by atoms with E-state index in [1.165, 1.54) is 6.08 Å². The van der Waals surface area contributed by atoms with Gasteiger partial charge in [-0.05, 0) is 51.1 Å². The molecule has 4 heterocycles. The molecule has 4 aliphatic rings. The van der Waals surface area contributed by atoms with E-state index in [-0.39, 0.29) is 36.2 Å². The first kappa shape index (κ1) is 31.5. The number of hydrogen-bond donors (Lipinski definition) is 0. The molecule has 235 valence electrons. The topological polar surface area (TPSA) is 123 Å². The highest BCUT2D eigenvalue weighted by atomic mass is 16.5. The van der Waals surface area contributed by atoms with Crippen LogP contribution in [0.3, 0.4) is 0 Å². The van der Waals surface area contributed by atoms with E-state index < -0.39 is 12.0 Å². The molecule has 3 unspecified atom stereocenters. The molecule has 0 N–H and O–H groups in total. The molecular formula is C32H42N7O5. The van der Waals surface area contributed by atoms with E-state index in [9.17, 15) is 14.9 Å². The first-order valence-electron chi connectivity index (χ1n) is 15.3. The number of anilines is 1. The number of carbonyl (C=O) groups excluding carboxylic acids is 2. The number of likely N-dealkylation sites (N-methyl/N-ethyl adjacent to an activating group) is 2. The van der Waals surface area contributed by atoms with Crippen molar-refractivity contribution in [1.29, 1.82) is 5.26 Å². The number of methoxy groups -OCH3 is 1. The lowest BCUT2D eigenvalue weighted by Crippen LogP contribution is -2.57. The predicted octanol–water partition coefficient (Wildman–Crippen LogP) is 2.51. The van der Waals surface area contributed by atoms with E-state index in [0.29, 0.717) is 62.6 Å². The molecule has 4 aliphatic heterocycles. The molecule has 4 atom stereocenters. The van der Waals surface area contributed by atoms with E-state index in [4.69, 9.17) is 24.2 Å². The van der Waals surface area contributed by atoms with E-state index in [2.05, 4.69) is 29.5 Å². The van der Waals surface area contributed by atoms with Crippen LogP contribution in [0, 0.1) is 23.4 Å². The molecule has 1 amide bonds. The van der Waals surface area contributed by atoms with Gasteiger partial charge in [0.15, 0.2) is 12.3 Å². The Morgan fingerprint density at radius 2 is 2.00 bits per heavy atom. The van der Waals surface area contributed by atoms with Gasteiger partial charge < -0.3 is 28.9 Å². The number of nitriles is 1. The van der Waals surface area contributed by atoms with Crippen molar-refractivity contribution in [3.8, 4) is 17.6 Å². The number of amides is 1. The summed E-state index contributed by atoms with van der Waals surface area (Å²) in [7, 11) is 5.62. The molecule has 2 fully saturated rings. The molecule has 5 rings (SSSR count). The third-order valence-corrected chi connectivity index (χ3v) is 8.98. The van der Waals surface area contributed by atoms with Crippen LogP contribution in [-0.4, -0.2) is 117 Å². The third-order valence-electron chi connectivity index (χ3n) is 8.98. The zero-order chi connectivity index (χ0) is 31.4. The van der Waals surface area contributed by atoms with Crippen molar-refractivity contribution in [3.63, 3.8) is 0 Å². The second-order valence-electron chi connectivity index (χ2n) is 11.7. The van der Waals surface area contributed by atoms with Crippen LogP contribution in [0.25, 0.3) is 0 Å². The highest BCUT2D eigenvalue weighted by Crippen LogP contribution is 2.37. The zero-order valence-electron chi connectivity index (χ0n) is 26.1. The Kier molecular flexibility index (Phi) is 9.86. The average molecular weight is 605 g/mol. The van der Waals surface area contributed by atoms with Gasteiger partial charge in [-0.3, -0.25) is 14.5 Å². The highest BCUT2D eigenvalue weighted by Gasteiger charge is 2.44. The molecule has 44 heavy (non-hydrogen) atoms. The number of carbonyl (C=O) groups is 2. The number of aliphatic imine (C=N–C) groups is 2. The van der Waals surface area contributed by atoms with Crippen molar-refractivity contribution < 1.29 is 23.8 Å². The summed E-state index contributed by atoms with van der Waals surface area (Å²) in [6, 6.07) is 7.80. The number of benzene rings is 1. The number of piperazine rings is 1. The molecule has 1 radical (unpaired) electrons. The fourth-order valence-electron chi connectivity index (χ4n) is 6.44. The van der Waals surface area contributed by atoms with Crippen LogP contribution in [-0.2, 0) is 14.3 Å². The van der Waals surface area contributed by atoms with Crippen molar-refractivity contribution in [3.05, 3.63) is 37.0 Å². The molecule has 1 aromatic rings. The van der Waals surface area contributed by atoms with Crippen LogP contribution in [0.2, 0.25) is 0 Å². The number of fused-ring (bicyclic) bond motifs is 1. The van der Waals surface area contributed by atoms with Crippen LogP contribution >= 0.6 is 0 Å². The molecule has 0 aliphatic carbocycles. The minimum Gasteiger partial charge on any atom is -0.497 e. The zero-order valence-corrected chi connectivity index (χ0v) is 26.1. The third kappa shape index (κ3) is 6.44. The van der Waals surface area contributed by atoms with Gasteiger partial charge in [0, 0.05) is 44.7 Å². The van der Waals surface area contributed by atoms with Crippen LogP contribution in [0.1, 0.15) is 32.6 Å². The Hall–Kier alpha value is -3.95. The number of rotatable bonds is 9. The van der Waals surface area contributed by atoms with Crippen molar-refractivity contribution in [2.45, 2.75) is 50.8 Å². The fraction of sp³-hybridized carbons (Fsp3) is 0.562. The number of Topliss-reactive ketones (excluding diaryl/α,β-unsaturated/α-hetero) is 1. The van der Waals surface area contributed by atoms with E-state index in [1.807, 2.05) is 37.1 Å². The van der Waals surface area contributed by atoms with E-state index in [1.54, 1.807) is 12.0 Å². The predicted molar refractivity (Wildman–Crippen MR) is 167 cm³/mol. The quantitative estimate of drug-likeness (QED) is 0.391. The summed E-state index contributed by atoms with van der Waals surface area (Å²) in [6.45, 7) is 8.71. The Morgan fingerprint density at radius 1 is 1.18 bits per heavy atom. The summed E-state index contributed by atoms with van der Waals surface area (Å²) in [6.07, 6.45) is 4.06. The van der Waals surface area contributed by atoms with Gasteiger partial charge >= 0.3 is 6.02 Å². The van der Waals surface area contributed by atoms with Crippen molar-refractivity contribution in [1.82, 2.24) is 14.7 Å². The van der Waals surface area contributed by atoms with Crippen LogP contribution < -0.4 is 14.4 Å². The summed E-state index contributed by atoms with van der Waals surface area (Å²) in [5.41, 5.74) is 1.20. The van der Waals surface area contributed by atoms with Crippen molar-refractivity contribution in [2.75, 3.05) is 65.4 Å². The minimum atomic E-state index is -0.774. The highest BCUT2D eigenvalue weighted by molar-refractivity contribution is 6.44. The van der Waals surface area contributed by atoms with Gasteiger partial charge in [-0.1, -0.05) is 13.5 Å². The molecule has 0 bridgehead atoms. The number of hydrogen-bond acceptors (Lipinski definition) is 11. The standard InChI is InChI=1S/C32H42N7O5/c1-6-24-29(30(41)27-19-37(4)25-17-23(42-5)10-11-26(25)44-27)34-32(43-20-22-9-8-14-36(22)3)35-31(24)38-15-16-39(28(40)7-2)21(18-38)12-13-33/h7,10-11,17,21-22,24,27H,2,6,8-9,12,14-16,18-20H2,1,3-5H3/t21?,22?,24?,27-/m1/s1. The maximum absolute atomic E-state index is 14.3. The van der Waals surface area contributed by atoms with Gasteiger partial charge in [0.2, 0.25) is 11.7 Å². The number of ether oxygens (including phenoxy) is 3. The van der Waals surface area contributed by atoms with Crippen LogP contribution in [0.15, 0.2) is 40.8 Å². The second kappa shape index (κ2) is 13.8. The number of likely N-dealkylation sites (tertiary alicyclic amines) is 1. The van der Waals surface area contributed by atoms with Crippen LogP contribution in [0.4, 0.5) is 5.69 Å². The van der Waals surface area contributed by atoms with Gasteiger partial charge in [0.1, 0.15) is 23.8 Å². The Bertz CT molecular complexity index is 1360. The van der Waals surface area contributed by atoms with Crippen LogP contribution in [0.5, 0.6) is 11.5 Å². The van der Waals surface area contributed by atoms with Gasteiger partial charge in [-0.15, -0.1) is 0 Å². The maximum atomic E-state index is 14.3. The summed E-state index contributed by atoms with van der Waals surface area (Å²) >= 11 is 0. The minimum absolute atomic E-state index is 0.157. The average Bonchev–Trinajstić information content (AvgIpc) is 3.46. The van der Waals surface area contributed by atoms with E-state index in [0.717, 1.165) is 25.1 Å².